The maximum Gasteiger partial charge on any atom is 0.335 e. The van der Waals surface area contributed by atoms with E-state index in [-0.39, 0.29) is 22.7 Å². The van der Waals surface area contributed by atoms with Gasteiger partial charge in [-0.05, 0) is 146 Å². The Morgan fingerprint density at radius 3 is 1.97 bits per heavy atom. The van der Waals surface area contributed by atoms with Crippen LogP contribution in [0.4, 0.5) is 0 Å². The van der Waals surface area contributed by atoms with Gasteiger partial charge in [0.2, 0.25) is 5.91 Å². The molecule has 5 aliphatic rings. The molecule has 8 atom stereocenters. The molecule has 0 saturated heterocycles. The number of hydrogen-bond acceptors (Lipinski definition) is 4. The van der Waals surface area contributed by atoms with E-state index in [4.69, 9.17) is 9.90 Å². The number of allylic oxidation sites excluding steroid dienone is 3. The second-order valence-corrected chi connectivity index (χ2v) is 18.2. The van der Waals surface area contributed by atoms with Gasteiger partial charge in [-0.2, -0.15) is 0 Å². The van der Waals surface area contributed by atoms with Crippen LogP contribution in [0, 0.1) is 89.8 Å². The van der Waals surface area contributed by atoms with E-state index < -0.39 is 5.97 Å². The highest BCUT2D eigenvalue weighted by molar-refractivity contribution is 5.88. The molecule has 0 radical (unpaired) electrons. The van der Waals surface area contributed by atoms with Crippen molar-refractivity contribution < 1.29 is 24.6 Å². The lowest BCUT2D eigenvalue weighted by Gasteiger charge is -2.68. The molecule has 3 N–H and O–H groups in total. The fourth-order valence-electron chi connectivity index (χ4n) is 13.2. The number of amides is 1. The van der Waals surface area contributed by atoms with Crippen molar-refractivity contribution in [3.63, 3.8) is 0 Å². The summed E-state index contributed by atoms with van der Waals surface area (Å²) >= 11 is 0. The molecule has 7 heteroatoms. The standard InChI is InChI=1S/C44H60N2O3.C3H6.C2H6.3C2H2.CH2O2/c1-6-46(29-30-11-8-7-9-12-30)28-27-45-40(49)44-23-10-13-36(44)33-18-19-38-42(4,35(33)21-26-44)25-22-37-41(2,3)34(20-24-43(37,38)5)31-14-16-32(17-15-31)39(47)48;1-3-2;4*1-2;2-1-3/h7-9,11-12,14-17,20,33,35-38H,6,10,13,18-19,21-29H2,1-5H3,(H,45,49)(H,47,48);3H,1H2,2H3;1-2H3;3*1-2H;1H,(H,2,3)/t33-,35?,36?,37?,38?,42-,43-,44-;;;;;;/m0....../s1. The molecule has 7 nitrogen and oxygen atoms in total. The Morgan fingerprint density at radius 1 is 0.825 bits per heavy atom. The molecule has 5 aliphatic carbocycles. The van der Waals surface area contributed by atoms with Gasteiger partial charge in [0, 0.05) is 19.6 Å². The Labute approximate surface area is 383 Å². The third kappa shape index (κ3) is 12.2. The van der Waals surface area contributed by atoms with E-state index in [9.17, 15) is 14.7 Å². The second kappa shape index (κ2) is 26.6. The number of carboxylic acid groups (broad SMARTS) is 2. The van der Waals surface area contributed by atoms with E-state index in [0.29, 0.717) is 46.5 Å². The van der Waals surface area contributed by atoms with Crippen molar-refractivity contribution in [1.82, 2.24) is 10.2 Å². The fraction of sp³-hybridized carbons (Fsp3) is 0.554. The SMILES string of the molecule is C#C.C#C.C#C.C=CC.CC.CCN(CCNC(=O)[C@]12CCCC1[C@H]1CCC3[C@@](C)(CCC4C(C)(C)C(c5ccc(C(=O)O)cc5)=CC[C@@]43C)C1CC2)Cc1ccccc1.O=CO. The summed E-state index contributed by atoms with van der Waals surface area (Å²) in [7, 11) is 0. The van der Waals surface area contributed by atoms with Gasteiger partial charge in [0.1, 0.15) is 0 Å². The van der Waals surface area contributed by atoms with Gasteiger partial charge in [-0.25, -0.2) is 4.79 Å². The molecule has 4 fully saturated rings. The minimum atomic E-state index is -0.866. The topological polar surface area (TPSA) is 107 Å². The number of nitrogens with zero attached hydrogens (tertiary/aromatic N) is 1. The first-order valence-electron chi connectivity index (χ1n) is 23.0. The summed E-state index contributed by atoms with van der Waals surface area (Å²) in [6.45, 7) is 24.9. The predicted molar refractivity (Wildman–Crippen MR) is 263 cm³/mol. The van der Waals surface area contributed by atoms with Crippen molar-refractivity contribution in [2.45, 2.75) is 126 Å². The Bertz CT molecular complexity index is 1790. The highest BCUT2D eigenvalue weighted by Crippen LogP contribution is 2.73. The number of carbonyl (C=O) groups is 3. The number of fused-ring (bicyclic) bond motifs is 7. The lowest BCUT2D eigenvalue weighted by Crippen LogP contribution is -2.62. The smallest absolute Gasteiger partial charge is 0.335 e. The van der Waals surface area contributed by atoms with Crippen LogP contribution < -0.4 is 5.32 Å². The summed E-state index contributed by atoms with van der Waals surface area (Å²) in [6.07, 6.45) is 40.2. The molecule has 0 aliphatic heterocycles. The summed E-state index contributed by atoms with van der Waals surface area (Å²) < 4.78 is 0. The van der Waals surface area contributed by atoms with Gasteiger partial charge in [-0.3, -0.25) is 14.5 Å². The van der Waals surface area contributed by atoms with Gasteiger partial charge >= 0.3 is 5.97 Å². The van der Waals surface area contributed by atoms with E-state index in [1.807, 2.05) is 32.9 Å². The fourth-order valence-corrected chi connectivity index (χ4v) is 13.2. The van der Waals surface area contributed by atoms with Crippen molar-refractivity contribution in [1.29, 1.82) is 0 Å². The third-order valence-electron chi connectivity index (χ3n) is 15.4. The van der Waals surface area contributed by atoms with Gasteiger partial charge in [0.25, 0.3) is 6.47 Å². The van der Waals surface area contributed by atoms with Crippen LogP contribution in [0.5, 0.6) is 0 Å². The largest absolute Gasteiger partial charge is 0.483 e. The molecule has 2 aromatic rings. The average molecular weight is 861 g/mol. The van der Waals surface area contributed by atoms with Crippen LogP contribution in [0.25, 0.3) is 5.57 Å². The number of aromatic carboxylic acids is 1. The monoisotopic (exact) mass is 861 g/mol. The first kappa shape index (κ1) is 56.0. The van der Waals surface area contributed by atoms with E-state index in [0.717, 1.165) is 45.4 Å². The van der Waals surface area contributed by atoms with Gasteiger partial charge in [0.05, 0.1) is 11.0 Å². The van der Waals surface area contributed by atoms with E-state index in [1.54, 1.807) is 18.2 Å². The molecule has 344 valence electrons. The molecule has 0 aromatic heterocycles. The Kier molecular flexibility index (Phi) is 23.6. The molecule has 0 heterocycles. The number of terminal acetylenes is 3. The van der Waals surface area contributed by atoms with E-state index >= 15 is 0 Å². The molecule has 7 rings (SSSR count). The van der Waals surface area contributed by atoms with Crippen LogP contribution in [0.15, 0.2) is 73.3 Å². The van der Waals surface area contributed by atoms with Gasteiger partial charge < -0.3 is 15.5 Å². The highest BCUT2D eigenvalue weighted by Gasteiger charge is 2.66. The zero-order valence-electron chi connectivity index (χ0n) is 40.0. The Hall–Kier alpha value is -5.03. The van der Waals surface area contributed by atoms with E-state index in [2.05, 4.69) is 126 Å². The maximum atomic E-state index is 14.2. The van der Waals surface area contributed by atoms with Crippen LogP contribution in [0.2, 0.25) is 0 Å². The molecule has 4 unspecified atom stereocenters. The number of carboxylic acids is 1. The molecule has 0 spiro atoms. The van der Waals surface area contributed by atoms with Crippen molar-refractivity contribution in [3.05, 3.63) is 90.0 Å². The summed E-state index contributed by atoms with van der Waals surface area (Å²) in [5.41, 5.74) is 4.68. The molecular weight excluding hydrogens is 781 g/mol. The third-order valence-corrected chi connectivity index (χ3v) is 15.4. The first-order valence-corrected chi connectivity index (χ1v) is 23.0. The van der Waals surface area contributed by atoms with Gasteiger partial charge in [-0.15, -0.1) is 45.1 Å². The molecule has 1 amide bonds. The van der Waals surface area contributed by atoms with Crippen LogP contribution >= 0.6 is 0 Å². The number of nitrogens with one attached hydrogen (secondary N) is 1. The minimum Gasteiger partial charge on any atom is -0.483 e. The Balaban J connectivity index is 0.00000128. The van der Waals surface area contributed by atoms with Crippen LogP contribution in [-0.4, -0.2) is 53.1 Å². The zero-order valence-corrected chi connectivity index (χ0v) is 40.0. The summed E-state index contributed by atoms with van der Waals surface area (Å²) in [5.74, 6) is 2.70. The number of carbonyl (C=O) groups excluding carboxylic acids is 1. The number of rotatable bonds is 9. The number of likely N-dealkylation sites (N-methyl/N-ethyl adjacent to an activating group) is 1. The first-order chi connectivity index (χ1) is 30.3. The van der Waals surface area contributed by atoms with Crippen molar-refractivity contribution >= 4 is 23.9 Å². The van der Waals surface area contributed by atoms with Gasteiger partial charge in [0.15, 0.2) is 0 Å². The molecule has 63 heavy (non-hydrogen) atoms. The van der Waals surface area contributed by atoms with Crippen LogP contribution in [-0.2, 0) is 16.1 Å². The number of hydrogen-bond donors (Lipinski definition) is 3. The molecule has 4 saturated carbocycles. The van der Waals surface area contributed by atoms with Crippen molar-refractivity contribution in [2.75, 3.05) is 19.6 Å². The quantitative estimate of drug-likeness (QED) is 0.132. The van der Waals surface area contributed by atoms with Crippen molar-refractivity contribution in [3.8, 4) is 38.5 Å². The average Bonchev–Trinajstić information content (AvgIpc) is 3.76. The Morgan fingerprint density at radius 2 is 1.41 bits per heavy atom. The molecular formula is C56H80N2O5. The summed E-state index contributed by atoms with van der Waals surface area (Å²) in [6, 6.07) is 18.2. The van der Waals surface area contributed by atoms with Crippen molar-refractivity contribution in [2.24, 2.45) is 51.2 Å². The minimum absolute atomic E-state index is 0.0234. The van der Waals surface area contributed by atoms with Crippen LogP contribution in [0.3, 0.4) is 0 Å². The lowest BCUT2D eigenvalue weighted by atomic mass is 9.36. The summed E-state index contributed by atoms with van der Waals surface area (Å²) in [5, 5.41) is 19.8. The molecule has 2 aromatic carbocycles. The lowest BCUT2D eigenvalue weighted by molar-refractivity contribution is -0.181. The normalized spacial score (nSPS) is 28.7. The summed E-state index contributed by atoms with van der Waals surface area (Å²) in [4.78, 5) is 36.5. The number of benzene rings is 2. The zero-order chi connectivity index (χ0) is 48.0. The predicted octanol–water partition coefficient (Wildman–Crippen LogP) is 12.1. The molecule has 0 bridgehead atoms. The maximum absolute atomic E-state index is 14.2. The second-order valence-electron chi connectivity index (χ2n) is 18.2. The van der Waals surface area contributed by atoms with Gasteiger partial charge in [-0.1, -0.05) is 110 Å². The van der Waals surface area contributed by atoms with E-state index in [1.165, 1.54) is 61.6 Å². The van der Waals surface area contributed by atoms with Crippen LogP contribution in [0.1, 0.15) is 141 Å². The highest BCUT2D eigenvalue weighted by atomic mass is 16.4.